The van der Waals surface area contributed by atoms with Gasteiger partial charge in [-0.3, -0.25) is 4.79 Å². The Morgan fingerprint density at radius 3 is 2.68 bits per heavy atom. The zero-order valence-corrected chi connectivity index (χ0v) is 14.9. The van der Waals surface area contributed by atoms with E-state index in [9.17, 15) is 18.7 Å². The Kier molecular flexibility index (Phi) is 4.03. The minimum absolute atomic E-state index is 0.00921. The quantitative estimate of drug-likeness (QED) is 0.724. The highest BCUT2D eigenvalue weighted by Crippen LogP contribution is 2.67. The van der Waals surface area contributed by atoms with Crippen molar-refractivity contribution in [3.05, 3.63) is 0 Å². The van der Waals surface area contributed by atoms with Gasteiger partial charge in [0, 0.05) is 24.2 Å². The molecular formula is C21H28F2O2. The summed E-state index contributed by atoms with van der Waals surface area (Å²) < 4.78 is 28.2. The van der Waals surface area contributed by atoms with E-state index in [0.29, 0.717) is 37.4 Å². The molecule has 1 N–H and O–H groups in total. The smallest absolute Gasteiger partial charge is 0.241 e. The molecule has 4 aliphatic carbocycles. The van der Waals surface area contributed by atoms with E-state index < -0.39 is 23.4 Å². The Morgan fingerprint density at radius 2 is 2.00 bits per heavy atom. The van der Waals surface area contributed by atoms with E-state index in [1.54, 1.807) is 0 Å². The van der Waals surface area contributed by atoms with Crippen LogP contribution in [0.3, 0.4) is 0 Å². The summed E-state index contributed by atoms with van der Waals surface area (Å²) in [5.41, 5.74) is -1.86. The van der Waals surface area contributed by atoms with Crippen molar-refractivity contribution in [3.8, 4) is 12.3 Å². The van der Waals surface area contributed by atoms with Gasteiger partial charge in [-0.25, -0.2) is 8.78 Å². The van der Waals surface area contributed by atoms with Gasteiger partial charge in [-0.2, -0.15) is 0 Å². The summed E-state index contributed by atoms with van der Waals surface area (Å²) in [6.45, 7) is 1.95. The summed E-state index contributed by atoms with van der Waals surface area (Å²) in [7, 11) is 0. The van der Waals surface area contributed by atoms with Gasteiger partial charge < -0.3 is 5.11 Å². The van der Waals surface area contributed by atoms with Gasteiger partial charge in [-0.1, -0.05) is 12.8 Å². The van der Waals surface area contributed by atoms with Gasteiger partial charge in [0.1, 0.15) is 11.4 Å². The van der Waals surface area contributed by atoms with E-state index in [1.165, 1.54) is 0 Å². The van der Waals surface area contributed by atoms with Crippen LogP contribution in [-0.4, -0.2) is 22.9 Å². The van der Waals surface area contributed by atoms with Crippen molar-refractivity contribution in [2.24, 2.45) is 40.9 Å². The van der Waals surface area contributed by atoms with Gasteiger partial charge in [0.05, 0.1) is 0 Å². The molecule has 0 aliphatic heterocycles. The molecule has 4 aliphatic rings. The lowest BCUT2D eigenvalue weighted by molar-refractivity contribution is -0.163. The van der Waals surface area contributed by atoms with Gasteiger partial charge in [-0.15, -0.1) is 6.42 Å². The van der Waals surface area contributed by atoms with Crippen LogP contribution in [0.15, 0.2) is 0 Å². The molecule has 0 amide bonds. The third kappa shape index (κ3) is 2.34. The van der Waals surface area contributed by atoms with Crippen LogP contribution in [-0.2, 0) is 4.79 Å². The molecule has 8 atom stereocenters. The maximum absolute atomic E-state index is 14.1. The van der Waals surface area contributed by atoms with Crippen LogP contribution < -0.4 is 0 Å². The molecule has 25 heavy (non-hydrogen) atoms. The van der Waals surface area contributed by atoms with E-state index in [-0.39, 0.29) is 23.7 Å². The molecule has 0 spiro atoms. The third-order valence-corrected chi connectivity index (χ3v) is 8.53. The number of Topliss-reactive ketones (excluding diaryl/α,β-unsaturated/α-hetero) is 1. The number of rotatable bonds is 1. The molecule has 0 aromatic carbocycles. The van der Waals surface area contributed by atoms with Crippen molar-refractivity contribution in [1.29, 1.82) is 0 Å². The zero-order chi connectivity index (χ0) is 18.0. The van der Waals surface area contributed by atoms with Gasteiger partial charge >= 0.3 is 0 Å². The molecular weight excluding hydrogens is 322 g/mol. The van der Waals surface area contributed by atoms with E-state index in [2.05, 4.69) is 5.92 Å². The standard InChI is InChI=1S/C21H28F2O2/c1-3-21(25)9-8-17-15-6-4-12-10-13(24)5-7-14(12)18(15)16(19(22)23)11-20(17,21)2/h1,12,14-19,25H,4-11H2,2H3/t12-,14?,15?,16?,17?,18?,20-,21-/m0/s1. The van der Waals surface area contributed by atoms with Crippen LogP contribution in [0.25, 0.3) is 0 Å². The Balaban J connectivity index is 1.72. The molecule has 138 valence electrons. The highest BCUT2D eigenvalue weighted by molar-refractivity contribution is 5.79. The second kappa shape index (κ2) is 5.78. The number of hydrogen-bond donors (Lipinski definition) is 1. The molecule has 4 rings (SSSR count). The Morgan fingerprint density at radius 1 is 1.24 bits per heavy atom. The van der Waals surface area contributed by atoms with Crippen LogP contribution in [0.5, 0.6) is 0 Å². The van der Waals surface area contributed by atoms with Crippen molar-refractivity contribution in [1.82, 2.24) is 0 Å². The minimum Gasteiger partial charge on any atom is -0.377 e. The summed E-state index contributed by atoms with van der Waals surface area (Å²) in [6, 6.07) is 0. The predicted octanol–water partition coefficient (Wildman–Crippen LogP) is 4.06. The van der Waals surface area contributed by atoms with E-state index >= 15 is 0 Å². The summed E-state index contributed by atoms with van der Waals surface area (Å²) in [4.78, 5) is 11.8. The van der Waals surface area contributed by atoms with Crippen molar-refractivity contribution >= 4 is 5.78 Å². The van der Waals surface area contributed by atoms with Crippen LogP contribution >= 0.6 is 0 Å². The van der Waals surface area contributed by atoms with Crippen molar-refractivity contribution in [2.45, 2.75) is 70.3 Å². The SMILES string of the molecule is C#C[C@]1(O)CCC2C3CC[C@H]4CC(=O)CCC4C3C(C(F)F)C[C@@]21C. The van der Waals surface area contributed by atoms with E-state index in [1.807, 2.05) is 6.92 Å². The number of carbonyl (C=O) groups excluding carboxylic acids is 1. The van der Waals surface area contributed by atoms with Crippen molar-refractivity contribution < 1.29 is 18.7 Å². The first-order chi connectivity index (χ1) is 11.8. The number of terminal acetylenes is 1. The number of aliphatic hydroxyl groups is 1. The molecule has 4 fully saturated rings. The average molecular weight is 350 g/mol. The summed E-state index contributed by atoms with van der Waals surface area (Å²) in [6.07, 6.45) is 8.72. The molecule has 0 radical (unpaired) electrons. The molecule has 4 saturated carbocycles. The highest BCUT2D eigenvalue weighted by atomic mass is 19.3. The number of fused-ring (bicyclic) bond motifs is 5. The molecule has 0 aromatic rings. The summed E-state index contributed by atoms with van der Waals surface area (Å²) in [5, 5.41) is 11.0. The van der Waals surface area contributed by atoms with Gasteiger partial charge in [0.25, 0.3) is 0 Å². The van der Waals surface area contributed by atoms with E-state index in [0.717, 1.165) is 25.7 Å². The third-order valence-electron chi connectivity index (χ3n) is 8.53. The van der Waals surface area contributed by atoms with Crippen LogP contribution in [0, 0.1) is 53.3 Å². The fourth-order valence-electron chi connectivity index (χ4n) is 7.35. The lowest BCUT2D eigenvalue weighted by Gasteiger charge is -2.59. The maximum Gasteiger partial charge on any atom is 0.241 e. The normalized spacial score (nSPS) is 52.2. The van der Waals surface area contributed by atoms with Crippen molar-refractivity contribution in [2.75, 3.05) is 0 Å². The zero-order valence-electron chi connectivity index (χ0n) is 14.9. The minimum atomic E-state index is -2.38. The first-order valence-corrected chi connectivity index (χ1v) is 9.81. The molecule has 0 saturated heterocycles. The Labute approximate surface area is 148 Å². The lowest BCUT2D eigenvalue weighted by Crippen LogP contribution is -2.57. The fourth-order valence-corrected chi connectivity index (χ4v) is 7.35. The Hall–Kier alpha value is -0.950. The fraction of sp³-hybridized carbons (Fsp3) is 0.857. The summed E-state index contributed by atoms with van der Waals surface area (Å²) >= 11 is 0. The number of ketones is 1. The number of halogens is 2. The molecule has 0 heterocycles. The lowest BCUT2D eigenvalue weighted by atomic mass is 9.46. The monoisotopic (exact) mass is 350 g/mol. The van der Waals surface area contributed by atoms with Crippen LogP contribution in [0.4, 0.5) is 8.78 Å². The van der Waals surface area contributed by atoms with Gasteiger partial charge in [0.15, 0.2) is 0 Å². The van der Waals surface area contributed by atoms with Gasteiger partial charge in [-0.05, 0) is 68.1 Å². The molecule has 0 aromatic heterocycles. The Bertz CT molecular complexity index is 612. The molecule has 5 unspecified atom stereocenters. The first kappa shape index (κ1) is 17.5. The second-order valence-corrected chi connectivity index (χ2v) is 9.29. The largest absolute Gasteiger partial charge is 0.377 e. The average Bonchev–Trinajstić information content (AvgIpc) is 2.85. The molecule has 2 nitrogen and oxygen atoms in total. The maximum atomic E-state index is 14.1. The first-order valence-electron chi connectivity index (χ1n) is 9.81. The van der Waals surface area contributed by atoms with Crippen LogP contribution in [0.1, 0.15) is 58.3 Å². The van der Waals surface area contributed by atoms with Gasteiger partial charge in [0.2, 0.25) is 6.43 Å². The number of hydrogen-bond acceptors (Lipinski definition) is 2. The molecule has 0 bridgehead atoms. The summed E-state index contributed by atoms with van der Waals surface area (Å²) in [5.74, 6) is 3.14. The topological polar surface area (TPSA) is 37.3 Å². The van der Waals surface area contributed by atoms with Crippen molar-refractivity contribution in [3.63, 3.8) is 0 Å². The predicted molar refractivity (Wildman–Crippen MR) is 90.8 cm³/mol. The number of alkyl halides is 2. The van der Waals surface area contributed by atoms with Crippen LogP contribution in [0.2, 0.25) is 0 Å². The molecule has 4 heteroatoms. The van der Waals surface area contributed by atoms with E-state index in [4.69, 9.17) is 6.42 Å². The highest BCUT2D eigenvalue weighted by Gasteiger charge is 2.65. The second-order valence-electron chi connectivity index (χ2n) is 9.29. The number of carbonyl (C=O) groups is 1.